The Morgan fingerprint density at radius 3 is 1.80 bits per heavy atom. The van der Waals surface area contributed by atoms with Crippen LogP contribution in [-0.2, 0) is 0 Å². The summed E-state index contributed by atoms with van der Waals surface area (Å²) in [6.07, 6.45) is 0. The van der Waals surface area contributed by atoms with Gasteiger partial charge < -0.3 is 5.73 Å². The first-order valence-electron chi connectivity index (χ1n) is 5.72. The SMILES string of the molecule is NC(=O)c1ccc(C#Cc2ccc([N+](=O)[O-])cc2)cc1. The minimum Gasteiger partial charge on any atom is -0.366 e. The lowest BCUT2D eigenvalue weighted by atomic mass is 10.1. The smallest absolute Gasteiger partial charge is 0.269 e. The quantitative estimate of drug-likeness (QED) is 0.513. The molecule has 5 nitrogen and oxygen atoms in total. The first-order valence-corrected chi connectivity index (χ1v) is 5.72. The van der Waals surface area contributed by atoms with Crippen LogP contribution in [0.4, 0.5) is 5.69 Å². The Kier molecular flexibility index (Phi) is 3.77. The normalized spacial score (nSPS) is 9.40. The van der Waals surface area contributed by atoms with Crippen LogP contribution >= 0.6 is 0 Å². The van der Waals surface area contributed by atoms with E-state index in [1.54, 1.807) is 36.4 Å². The second-order valence-electron chi connectivity index (χ2n) is 4.00. The van der Waals surface area contributed by atoms with Crippen molar-refractivity contribution in [2.24, 2.45) is 5.73 Å². The topological polar surface area (TPSA) is 86.2 Å². The Morgan fingerprint density at radius 2 is 1.40 bits per heavy atom. The van der Waals surface area contributed by atoms with E-state index in [9.17, 15) is 14.9 Å². The molecule has 0 radical (unpaired) electrons. The molecule has 5 heteroatoms. The third kappa shape index (κ3) is 3.21. The molecule has 0 aliphatic rings. The highest BCUT2D eigenvalue weighted by Gasteiger charge is 2.02. The van der Waals surface area contributed by atoms with E-state index in [4.69, 9.17) is 5.73 Å². The molecule has 20 heavy (non-hydrogen) atoms. The lowest BCUT2D eigenvalue weighted by Gasteiger charge is -1.95. The number of nitro groups is 1. The highest BCUT2D eigenvalue weighted by atomic mass is 16.6. The van der Waals surface area contributed by atoms with Crippen molar-refractivity contribution in [3.8, 4) is 11.8 Å². The van der Waals surface area contributed by atoms with Gasteiger partial charge in [-0.25, -0.2) is 0 Å². The van der Waals surface area contributed by atoms with Crippen LogP contribution in [0.3, 0.4) is 0 Å². The Labute approximate surface area is 115 Å². The Bertz CT molecular complexity index is 646. The van der Waals surface area contributed by atoms with Crippen LogP contribution in [0.5, 0.6) is 0 Å². The molecule has 0 spiro atoms. The zero-order chi connectivity index (χ0) is 14.5. The summed E-state index contributed by atoms with van der Waals surface area (Å²) < 4.78 is 0. The van der Waals surface area contributed by atoms with Crippen LogP contribution in [0, 0.1) is 22.0 Å². The van der Waals surface area contributed by atoms with Crippen LogP contribution in [0.15, 0.2) is 48.5 Å². The van der Waals surface area contributed by atoms with Crippen LogP contribution in [0.2, 0.25) is 0 Å². The number of nitro benzene ring substituents is 1. The van der Waals surface area contributed by atoms with Crippen molar-refractivity contribution in [3.05, 3.63) is 75.3 Å². The van der Waals surface area contributed by atoms with Gasteiger partial charge in [-0.1, -0.05) is 11.8 Å². The standard InChI is InChI=1S/C15H10N2O3/c16-15(18)13-7-3-11(4-8-13)1-2-12-5-9-14(10-6-12)17(19)20/h3-10H,(H2,16,18). The number of non-ortho nitro benzene ring substituents is 1. The van der Waals surface area contributed by atoms with Crippen LogP contribution < -0.4 is 5.73 Å². The maximum atomic E-state index is 10.9. The fourth-order valence-electron chi connectivity index (χ4n) is 1.53. The minimum atomic E-state index is -0.486. The molecule has 0 bridgehead atoms. The number of nitrogens with two attached hydrogens (primary N) is 1. The Balaban J connectivity index is 2.17. The van der Waals surface area contributed by atoms with E-state index in [0.29, 0.717) is 11.1 Å². The summed E-state index contributed by atoms with van der Waals surface area (Å²) in [5.41, 5.74) is 6.99. The lowest BCUT2D eigenvalue weighted by Crippen LogP contribution is -2.10. The monoisotopic (exact) mass is 266 g/mol. The Morgan fingerprint density at radius 1 is 0.950 bits per heavy atom. The summed E-state index contributed by atoms with van der Waals surface area (Å²) >= 11 is 0. The van der Waals surface area contributed by atoms with E-state index in [1.807, 2.05) is 0 Å². The van der Waals surface area contributed by atoms with Crippen molar-refractivity contribution in [1.29, 1.82) is 0 Å². The van der Waals surface area contributed by atoms with Gasteiger partial charge in [0, 0.05) is 28.8 Å². The molecule has 0 saturated heterocycles. The number of benzene rings is 2. The summed E-state index contributed by atoms with van der Waals surface area (Å²) in [5.74, 6) is 5.30. The van der Waals surface area contributed by atoms with E-state index in [1.165, 1.54) is 12.1 Å². The molecule has 0 saturated carbocycles. The van der Waals surface area contributed by atoms with Gasteiger partial charge in [0.15, 0.2) is 0 Å². The zero-order valence-corrected chi connectivity index (χ0v) is 10.4. The molecule has 0 heterocycles. The lowest BCUT2D eigenvalue weighted by molar-refractivity contribution is -0.384. The molecule has 0 fully saturated rings. The van der Waals surface area contributed by atoms with Crippen LogP contribution in [-0.4, -0.2) is 10.8 Å². The second kappa shape index (κ2) is 5.67. The van der Waals surface area contributed by atoms with Gasteiger partial charge >= 0.3 is 0 Å². The first-order chi connectivity index (χ1) is 9.56. The molecule has 2 N–H and O–H groups in total. The zero-order valence-electron chi connectivity index (χ0n) is 10.4. The van der Waals surface area contributed by atoms with Gasteiger partial charge in [-0.3, -0.25) is 14.9 Å². The second-order valence-corrected chi connectivity index (χ2v) is 4.00. The third-order valence-electron chi connectivity index (χ3n) is 2.60. The maximum absolute atomic E-state index is 10.9. The fraction of sp³-hybridized carbons (Fsp3) is 0. The number of carbonyl (C=O) groups is 1. The third-order valence-corrected chi connectivity index (χ3v) is 2.60. The number of amides is 1. The molecular weight excluding hydrogens is 256 g/mol. The number of nitrogens with zero attached hydrogens (tertiary/aromatic N) is 1. The predicted octanol–water partition coefficient (Wildman–Crippen LogP) is 2.09. The van der Waals surface area contributed by atoms with Crippen molar-refractivity contribution in [3.63, 3.8) is 0 Å². The summed E-state index contributed by atoms with van der Waals surface area (Å²) in [4.78, 5) is 21.0. The van der Waals surface area contributed by atoms with Gasteiger partial charge in [-0.15, -0.1) is 0 Å². The molecule has 98 valence electrons. The highest BCUT2D eigenvalue weighted by Crippen LogP contribution is 2.11. The van der Waals surface area contributed by atoms with Gasteiger partial charge in [0.25, 0.3) is 5.69 Å². The van der Waals surface area contributed by atoms with E-state index < -0.39 is 10.8 Å². The average molecular weight is 266 g/mol. The van der Waals surface area contributed by atoms with Gasteiger partial charge in [0.2, 0.25) is 5.91 Å². The summed E-state index contributed by atoms with van der Waals surface area (Å²) in [6, 6.07) is 12.6. The van der Waals surface area contributed by atoms with E-state index in [2.05, 4.69) is 11.8 Å². The fourth-order valence-corrected chi connectivity index (χ4v) is 1.53. The molecular formula is C15H10N2O3. The van der Waals surface area contributed by atoms with Gasteiger partial charge in [-0.05, 0) is 36.4 Å². The van der Waals surface area contributed by atoms with Crippen molar-refractivity contribution in [2.45, 2.75) is 0 Å². The van der Waals surface area contributed by atoms with Crippen molar-refractivity contribution in [1.82, 2.24) is 0 Å². The molecule has 2 rings (SSSR count). The molecule has 2 aromatic rings. The highest BCUT2D eigenvalue weighted by molar-refractivity contribution is 5.92. The molecule has 0 aliphatic heterocycles. The molecule has 0 aromatic heterocycles. The summed E-state index contributed by atoms with van der Waals surface area (Å²) in [6.45, 7) is 0. The predicted molar refractivity (Wildman–Crippen MR) is 74.0 cm³/mol. The summed E-state index contributed by atoms with van der Waals surface area (Å²) in [5, 5.41) is 10.5. The van der Waals surface area contributed by atoms with Crippen molar-refractivity contribution < 1.29 is 9.72 Å². The summed E-state index contributed by atoms with van der Waals surface area (Å²) in [7, 11) is 0. The minimum absolute atomic E-state index is 0.0290. The largest absolute Gasteiger partial charge is 0.366 e. The van der Waals surface area contributed by atoms with Gasteiger partial charge in [0.05, 0.1) is 4.92 Å². The average Bonchev–Trinajstić information content (AvgIpc) is 2.46. The molecule has 0 atom stereocenters. The van der Waals surface area contributed by atoms with E-state index in [0.717, 1.165) is 5.56 Å². The van der Waals surface area contributed by atoms with Gasteiger partial charge in [0.1, 0.15) is 0 Å². The van der Waals surface area contributed by atoms with E-state index in [-0.39, 0.29) is 5.69 Å². The number of hydrogen-bond donors (Lipinski definition) is 1. The van der Waals surface area contributed by atoms with Crippen LogP contribution in [0.1, 0.15) is 21.5 Å². The first kappa shape index (κ1) is 13.3. The van der Waals surface area contributed by atoms with Crippen LogP contribution in [0.25, 0.3) is 0 Å². The molecule has 0 unspecified atom stereocenters. The molecule has 0 aliphatic carbocycles. The van der Waals surface area contributed by atoms with Crippen molar-refractivity contribution >= 4 is 11.6 Å². The van der Waals surface area contributed by atoms with Crippen molar-refractivity contribution in [2.75, 3.05) is 0 Å². The number of carbonyl (C=O) groups excluding carboxylic acids is 1. The van der Waals surface area contributed by atoms with E-state index >= 15 is 0 Å². The number of hydrogen-bond acceptors (Lipinski definition) is 3. The number of primary amides is 1. The maximum Gasteiger partial charge on any atom is 0.269 e. The molecule has 1 amide bonds. The Hall–Kier alpha value is -3.13. The van der Waals surface area contributed by atoms with Gasteiger partial charge in [-0.2, -0.15) is 0 Å². The number of rotatable bonds is 2. The molecule has 2 aromatic carbocycles.